The minimum Gasteiger partial charge on any atom is -0.496 e. The molecule has 0 bridgehead atoms. The standard InChI is InChI=1S/C23H28FN3O4S/c1-4-12-27-23(26-15-13-25(14-16-26)18-9-6-5-8-17(18)24)22(31-3)21-19(30-2)10-7-11-20(21)32(27,28)29/h5-11H,4,12-16H2,1-3H3. The first-order valence-corrected chi connectivity index (χ1v) is 12.1. The Hall–Kier alpha value is -2.94. The van der Waals surface area contributed by atoms with Crippen molar-refractivity contribution < 1.29 is 22.3 Å². The van der Waals surface area contributed by atoms with Crippen LogP contribution in [0.25, 0.3) is 5.76 Å². The second-order valence-electron chi connectivity index (χ2n) is 7.69. The molecule has 0 aliphatic carbocycles. The predicted molar refractivity (Wildman–Crippen MR) is 121 cm³/mol. The van der Waals surface area contributed by atoms with Gasteiger partial charge in [0.05, 0.1) is 25.5 Å². The molecule has 1 saturated heterocycles. The number of sulfonamides is 1. The van der Waals surface area contributed by atoms with E-state index < -0.39 is 10.0 Å². The van der Waals surface area contributed by atoms with E-state index in [4.69, 9.17) is 9.47 Å². The van der Waals surface area contributed by atoms with Crippen LogP contribution in [0, 0.1) is 5.82 Å². The third-order valence-electron chi connectivity index (χ3n) is 5.85. The molecule has 7 nitrogen and oxygen atoms in total. The van der Waals surface area contributed by atoms with Gasteiger partial charge in [-0.15, -0.1) is 0 Å². The molecule has 0 N–H and O–H groups in total. The highest BCUT2D eigenvalue weighted by Gasteiger charge is 2.42. The van der Waals surface area contributed by atoms with Gasteiger partial charge in [-0.2, -0.15) is 0 Å². The lowest BCUT2D eigenvalue weighted by molar-refractivity contribution is 0.234. The van der Waals surface area contributed by atoms with Crippen molar-refractivity contribution >= 4 is 21.5 Å². The quantitative estimate of drug-likeness (QED) is 0.658. The molecule has 2 aliphatic heterocycles. The summed E-state index contributed by atoms with van der Waals surface area (Å²) in [6, 6.07) is 11.7. The molecule has 4 rings (SSSR count). The number of rotatable bonds is 6. The first kappa shape index (κ1) is 22.3. The molecule has 0 unspecified atom stereocenters. The fourth-order valence-electron chi connectivity index (χ4n) is 4.37. The summed E-state index contributed by atoms with van der Waals surface area (Å²) in [7, 11) is -0.732. The topological polar surface area (TPSA) is 62.3 Å². The van der Waals surface area contributed by atoms with Gasteiger partial charge in [0.2, 0.25) is 0 Å². The average molecular weight is 462 g/mol. The maximum atomic E-state index is 14.3. The van der Waals surface area contributed by atoms with E-state index in [0.29, 0.717) is 67.7 Å². The molecule has 172 valence electrons. The minimum absolute atomic E-state index is 0.177. The lowest BCUT2D eigenvalue weighted by atomic mass is 10.1. The third-order valence-corrected chi connectivity index (χ3v) is 7.68. The van der Waals surface area contributed by atoms with Gasteiger partial charge in [-0.1, -0.05) is 25.1 Å². The van der Waals surface area contributed by atoms with Gasteiger partial charge in [0.1, 0.15) is 16.5 Å². The Labute approximate surface area is 188 Å². The van der Waals surface area contributed by atoms with Gasteiger partial charge in [0, 0.05) is 32.7 Å². The number of halogens is 1. The predicted octanol–water partition coefficient (Wildman–Crippen LogP) is 3.34. The fraction of sp³-hybridized carbons (Fsp3) is 0.391. The second-order valence-corrected chi connectivity index (χ2v) is 9.52. The summed E-state index contributed by atoms with van der Waals surface area (Å²) in [5.74, 6) is 1.17. The molecule has 2 aliphatic rings. The lowest BCUT2D eigenvalue weighted by Gasteiger charge is -2.43. The van der Waals surface area contributed by atoms with Crippen LogP contribution >= 0.6 is 0 Å². The molecule has 2 aromatic carbocycles. The molecule has 0 saturated carbocycles. The van der Waals surface area contributed by atoms with E-state index in [1.165, 1.54) is 17.5 Å². The van der Waals surface area contributed by atoms with Crippen molar-refractivity contribution in [1.82, 2.24) is 9.21 Å². The molecular formula is C23H28FN3O4S. The molecule has 0 amide bonds. The molecule has 0 radical (unpaired) electrons. The number of methoxy groups -OCH3 is 2. The van der Waals surface area contributed by atoms with Crippen LogP contribution in [0.15, 0.2) is 53.2 Å². The second kappa shape index (κ2) is 8.90. The van der Waals surface area contributed by atoms with Crippen molar-refractivity contribution in [1.29, 1.82) is 0 Å². The maximum Gasteiger partial charge on any atom is 0.266 e. The molecule has 0 aromatic heterocycles. The minimum atomic E-state index is -3.79. The van der Waals surface area contributed by atoms with Gasteiger partial charge in [-0.3, -0.25) is 0 Å². The summed E-state index contributed by atoms with van der Waals surface area (Å²) in [5, 5.41) is 0. The third kappa shape index (κ3) is 3.64. The molecule has 2 heterocycles. The number of ether oxygens (including phenoxy) is 2. The number of hydrogen-bond acceptors (Lipinski definition) is 6. The molecule has 9 heteroatoms. The summed E-state index contributed by atoms with van der Waals surface area (Å²) >= 11 is 0. The van der Waals surface area contributed by atoms with Crippen molar-refractivity contribution in [2.45, 2.75) is 18.2 Å². The number of hydrogen-bond donors (Lipinski definition) is 0. The van der Waals surface area contributed by atoms with Gasteiger partial charge in [0.25, 0.3) is 10.0 Å². The van der Waals surface area contributed by atoms with Gasteiger partial charge in [-0.05, 0) is 30.7 Å². The van der Waals surface area contributed by atoms with Crippen molar-refractivity contribution in [3.05, 3.63) is 59.7 Å². The largest absolute Gasteiger partial charge is 0.496 e. The monoisotopic (exact) mass is 461 g/mol. The summed E-state index contributed by atoms with van der Waals surface area (Å²) in [6.45, 7) is 4.43. The number of piperazine rings is 1. The fourth-order valence-corrected chi connectivity index (χ4v) is 6.16. The van der Waals surface area contributed by atoms with Crippen LogP contribution in [0.2, 0.25) is 0 Å². The van der Waals surface area contributed by atoms with Crippen molar-refractivity contribution in [2.75, 3.05) is 51.8 Å². The van der Waals surface area contributed by atoms with E-state index in [1.807, 2.05) is 22.8 Å². The van der Waals surface area contributed by atoms with E-state index in [-0.39, 0.29) is 10.7 Å². The Kier molecular flexibility index (Phi) is 6.19. The highest BCUT2D eigenvalue weighted by molar-refractivity contribution is 7.89. The van der Waals surface area contributed by atoms with Crippen LogP contribution in [0.3, 0.4) is 0 Å². The molecule has 32 heavy (non-hydrogen) atoms. The van der Waals surface area contributed by atoms with Gasteiger partial charge in [0.15, 0.2) is 11.6 Å². The number of benzene rings is 2. The number of para-hydroxylation sites is 1. The number of anilines is 1. The summed E-state index contributed by atoms with van der Waals surface area (Å²) in [5.41, 5.74) is 0.998. The zero-order chi connectivity index (χ0) is 22.9. The summed E-state index contributed by atoms with van der Waals surface area (Å²) < 4.78 is 54.2. The Morgan fingerprint density at radius 2 is 1.62 bits per heavy atom. The molecule has 1 fully saturated rings. The van der Waals surface area contributed by atoms with E-state index in [1.54, 1.807) is 37.4 Å². The van der Waals surface area contributed by atoms with E-state index in [0.717, 1.165) is 0 Å². The van der Waals surface area contributed by atoms with Crippen LogP contribution in [0.4, 0.5) is 10.1 Å². The molecule has 0 atom stereocenters. The number of nitrogens with zero attached hydrogens (tertiary/aromatic N) is 3. The average Bonchev–Trinajstić information content (AvgIpc) is 2.81. The molecule has 2 aromatic rings. The maximum absolute atomic E-state index is 14.3. The van der Waals surface area contributed by atoms with Gasteiger partial charge < -0.3 is 19.3 Å². The zero-order valence-corrected chi connectivity index (χ0v) is 19.4. The lowest BCUT2D eigenvalue weighted by Crippen LogP contribution is -2.51. The van der Waals surface area contributed by atoms with Crippen LogP contribution in [0.1, 0.15) is 18.9 Å². The highest BCUT2D eigenvalue weighted by atomic mass is 32.2. The van der Waals surface area contributed by atoms with Crippen molar-refractivity contribution in [2.24, 2.45) is 0 Å². The van der Waals surface area contributed by atoms with Crippen LogP contribution in [0.5, 0.6) is 5.75 Å². The van der Waals surface area contributed by atoms with Crippen LogP contribution in [-0.4, -0.2) is 64.6 Å². The zero-order valence-electron chi connectivity index (χ0n) is 18.5. The normalized spacial score (nSPS) is 17.9. The SMILES string of the molecule is CCCN1C(N2CCN(c3ccccc3F)CC2)=C(OC)c2c(OC)cccc2S1(=O)=O. The van der Waals surface area contributed by atoms with Gasteiger partial charge >= 0.3 is 0 Å². The van der Waals surface area contributed by atoms with Gasteiger partial charge in [-0.25, -0.2) is 17.1 Å². The highest BCUT2D eigenvalue weighted by Crippen LogP contribution is 2.43. The van der Waals surface area contributed by atoms with E-state index >= 15 is 0 Å². The van der Waals surface area contributed by atoms with E-state index in [9.17, 15) is 12.8 Å². The van der Waals surface area contributed by atoms with Crippen LogP contribution in [-0.2, 0) is 14.8 Å². The Morgan fingerprint density at radius 1 is 0.938 bits per heavy atom. The first-order valence-electron chi connectivity index (χ1n) is 10.7. The summed E-state index contributed by atoms with van der Waals surface area (Å²) in [4.78, 5) is 4.17. The molecule has 0 spiro atoms. The first-order chi connectivity index (χ1) is 15.4. The van der Waals surface area contributed by atoms with Crippen molar-refractivity contribution in [3.8, 4) is 5.75 Å². The number of fused-ring (bicyclic) bond motifs is 1. The summed E-state index contributed by atoms with van der Waals surface area (Å²) in [6.07, 6.45) is 0.647. The smallest absolute Gasteiger partial charge is 0.266 e. The van der Waals surface area contributed by atoms with E-state index in [2.05, 4.69) is 0 Å². The Balaban J connectivity index is 1.77. The molecular weight excluding hydrogens is 433 g/mol. The van der Waals surface area contributed by atoms with Crippen LogP contribution < -0.4 is 9.64 Å². The van der Waals surface area contributed by atoms with Crippen molar-refractivity contribution in [3.63, 3.8) is 0 Å². The Morgan fingerprint density at radius 3 is 2.25 bits per heavy atom. The Bertz CT molecular complexity index is 1130.